The van der Waals surface area contributed by atoms with Crippen LogP contribution >= 0.6 is 0 Å². The molecular weight excluding hydrogens is 202 g/mol. The second-order valence-corrected chi connectivity index (χ2v) is 5.49. The van der Waals surface area contributed by atoms with Gasteiger partial charge in [-0.05, 0) is 24.2 Å². The highest BCUT2D eigenvalue weighted by Crippen LogP contribution is 2.34. The van der Waals surface area contributed by atoms with E-state index in [1.54, 1.807) is 11.0 Å². The Morgan fingerprint density at radius 1 is 1.44 bits per heavy atom. The van der Waals surface area contributed by atoms with Crippen LogP contribution in [-0.2, 0) is 4.74 Å². The van der Waals surface area contributed by atoms with Crippen molar-refractivity contribution in [3.63, 3.8) is 0 Å². The van der Waals surface area contributed by atoms with Gasteiger partial charge in [-0.1, -0.05) is 33.4 Å². The van der Waals surface area contributed by atoms with Gasteiger partial charge in [0, 0.05) is 13.1 Å². The van der Waals surface area contributed by atoms with E-state index in [9.17, 15) is 4.79 Å². The molecule has 1 aliphatic rings. The van der Waals surface area contributed by atoms with Gasteiger partial charge in [0.05, 0.1) is 0 Å². The number of hydrogen-bond donors (Lipinski definition) is 0. The maximum Gasteiger partial charge on any atom is 0.410 e. The molecule has 0 radical (unpaired) electrons. The summed E-state index contributed by atoms with van der Waals surface area (Å²) in [5, 5.41) is 0. The van der Waals surface area contributed by atoms with Crippen molar-refractivity contribution in [2.75, 3.05) is 19.7 Å². The molecule has 1 rings (SSSR count). The van der Waals surface area contributed by atoms with E-state index < -0.39 is 0 Å². The van der Waals surface area contributed by atoms with Crippen molar-refractivity contribution in [3.8, 4) is 0 Å². The smallest absolute Gasteiger partial charge is 0.410 e. The summed E-state index contributed by atoms with van der Waals surface area (Å²) >= 11 is 0. The summed E-state index contributed by atoms with van der Waals surface area (Å²) in [7, 11) is 0. The van der Waals surface area contributed by atoms with Crippen LogP contribution in [0, 0.1) is 11.3 Å². The summed E-state index contributed by atoms with van der Waals surface area (Å²) in [6.45, 7) is 12.3. The molecule has 1 aliphatic heterocycles. The Hall–Kier alpha value is -0.990. The van der Waals surface area contributed by atoms with Gasteiger partial charge in [0.25, 0.3) is 0 Å². The fraction of sp³-hybridized carbons (Fsp3) is 0.769. The third kappa shape index (κ3) is 3.54. The first-order valence-corrected chi connectivity index (χ1v) is 5.97. The predicted molar refractivity (Wildman–Crippen MR) is 65.3 cm³/mol. The Bertz CT molecular complexity index is 247. The van der Waals surface area contributed by atoms with E-state index in [1.807, 2.05) is 0 Å². The molecule has 1 saturated heterocycles. The van der Waals surface area contributed by atoms with Crippen molar-refractivity contribution in [2.45, 2.75) is 33.6 Å². The number of ether oxygens (including phenoxy) is 1. The van der Waals surface area contributed by atoms with Crippen LogP contribution in [-0.4, -0.2) is 30.7 Å². The van der Waals surface area contributed by atoms with Gasteiger partial charge >= 0.3 is 6.09 Å². The van der Waals surface area contributed by atoms with E-state index in [1.165, 1.54) is 0 Å². The van der Waals surface area contributed by atoms with Gasteiger partial charge in [0.15, 0.2) is 0 Å². The molecule has 16 heavy (non-hydrogen) atoms. The fourth-order valence-electron chi connectivity index (χ4n) is 2.15. The van der Waals surface area contributed by atoms with Crippen LogP contribution < -0.4 is 0 Å². The number of hydrogen-bond acceptors (Lipinski definition) is 2. The van der Waals surface area contributed by atoms with Gasteiger partial charge in [-0.2, -0.15) is 0 Å². The Morgan fingerprint density at radius 3 is 2.44 bits per heavy atom. The van der Waals surface area contributed by atoms with Gasteiger partial charge in [-0.3, -0.25) is 0 Å². The van der Waals surface area contributed by atoms with Crippen LogP contribution in [0.25, 0.3) is 0 Å². The van der Waals surface area contributed by atoms with Crippen molar-refractivity contribution in [1.29, 1.82) is 0 Å². The Kier molecular flexibility index (Phi) is 4.39. The minimum Gasteiger partial charge on any atom is -0.445 e. The predicted octanol–water partition coefficient (Wildman–Crippen LogP) is 3.07. The lowest BCUT2D eigenvalue weighted by molar-refractivity contribution is 0.0767. The Labute approximate surface area is 98.5 Å². The molecule has 0 aromatic carbocycles. The molecule has 0 spiro atoms. The van der Waals surface area contributed by atoms with Crippen LogP contribution in [0.1, 0.15) is 33.6 Å². The molecule has 1 fully saturated rings. The third-order valence-electron chi connectivity index (χ3n) is 3.30. The molecule has 0 unspecified atom stereocenters. The van der Waals surface area contributed by atoms with E-state index in [2.05, 4.69) is 27.4 Å². The molecule has 0 N–H and O–H groups in total. The van der Waals surface area contributed by atoms with E-state index in [-0.39, 0.29) is 6.09 Å². The van der Waals surface area contributed by atoms with E-state index in [0.29, 0.717) is 17.9 Å². The van der Waals surface area contributed by atoms with Crippen LogP contribution in [0.5, 0.6) is 0 Å². The van der Waals surface area contributed by atoms with Gasteiger partial charge in [0.1, 0.15) is 6.61 Å². The highest BCUT2D eigenvalue weighted by Gasteiger charge is 2.30. The van der Waals surface area contributed by atoms with Crippen LogP contribution in [0.2, 0.25) is 0 Å². The van der Waals surface area contributed by atoms with Crippen LogP contribution in [0.15, 0.2) is 12.7 Å². The van der Waals surface area contributed by atoms with Crippen molar-refractivity contribution in [3.05, 3.63) is 12.7 Å². The topological polar surface area (TPSA) is 29.5 Å². The molecule has 0 bridgehead atoms. The lowest BCUT2D eigenvalue weighted by atomic mass is 9.75. The van der Waals surface area contributed by atoms with Crippen molar-refractivity contribution < 1.29 is 9.53 Å². The van der Waals surface area contributed by atoms with Crippen molar-refractivity contribution in [2.24, 2.45) is 11.3 Å². The Balaban J connectivity index is 2.37. The second-order valence-electron chi connectivity index (χ2n) is 5.49. The lowest BCUT2D eigenvalue weighted by Crippen LogP contribution is -2.41. The summed E-state index contributed by atoms with van der Waals surface area (Å²) in [5.74, 6) is 0.705. The Morgan fingerprint density at radius 2 is 2.00 bits per heavy atom. The zero-order chi connectivity index (χ0) is 12.2. The van der Waals surface area contributed by atoms with Crippen molar-refractivity contribution >= 4 is 6.09 Å². The molecule has 3 nitrogen and oxygen atoms in total. The average Bonchev–Trinajstić information content (AvgIpc) is 2.25. The first-order valence-electron chi connectivity index (χ1n) is 5.97. The number of likely N-dealkylation sites (tertiary alicyclic amines) is 1. The molecule has 92 valence electrons. The number of piperidine rings is 1. The minimum absolute atomic E-state index is 0.202. The summed E-state index contributed by atoms with van der Waals surface area (Å²) in [5.41, 5.74) is 0.344. The quantitative estimate of drug-likeness (QED) is 0.676. The first kappa shape index (κ1) is 13.1. The number of carbonyl (C=O) groups excluding carboxylic acids is 1. The summed E-state index contributed by atoms with van der Waals surface area (Å²) in [6.07, 6.45) is 3.55. The molecule has 1 heterocycles. The number of nitrogens with zero attached hydrogens (tertiary/aromatic N) is 1. The zero-order valence-corrected chi connectivity index (χ0v) is 10.7. The van der Waals surface area contributed by atoms with Gasteiger partial charge < -0.3 is 9.64 Å². The highest BCUT2D eigenvalue weighted by molar-refractivity contribution is 5.67. The molecule has 0 aliphatic carbocycles. The number of carbonyl (C=O) groups is 1. The second kappa shape index (κ2) is 5.37. The minimum atomic E-state index is -0.202. The molecule has 0 aromatic rings. The zero-order valence-electron chi connectivity index (χ0n) is 10.7. The lowest BCUT2D eigenvalue weighted by Gasteiger charge is -2.38. The molecule has 0 saturated carbocycles. The maximum atomic E-state index is 11.6. The van der Waals surface area contributed by atoms with Gasteiger partial charge in [-0.15, -0.1) is 0 Å². The largest absolute Gasteiger partial charge is 0.445 e. The van der Waals surface area contributed by atoms with Crippen LogP contribution in [0.3, 0.4) is 0 Å². The molecule has 1 amide bonds. The van der Waals surface area contributed by atoms with Crippen LogP contribution in [0.4, 0.5) is 4.79 Å². The normalized spacial score (nSPS) is 18.3. The van der Waals surface area contributed by atoms with E-state index >= 15 is 0 Å². The molecule has 3 heteroatoms. The molecule has 0 atom stereocenters. The van der Waals surface area contributed by atoms with E-state index in [4.69, 9.17) is 4.74 Å². The monoisotopic (exact) mass is 225 g/mol. The van der Waals surface area contributed by atoms with Gasteiger partial charge in [-0.25, -0.2) is 4.79 Å². The van der Waals surface area contributed by atoms with Gasteiger partial charge in [0.2, 0.25) is 0 Å². The highest BCUT2D eigenvalue weighted by atomic mass is 16.6. The SMILES string of the molecule is C=CCOC(=O)N1CCC(C(C)(C)C)CC1. The molecular formula is C13H23NO2. The maximum absolute atomic E-state index is 11.6. The molecule has 0 aromatic heterocycles. The fourth-order valence-corrected chi connectivity index (χ4v) is 2.15. The number of amides is 1. The van der Waals surface area contributed by atoms with E-state index in [0.717, 1.165) is 25.9 Å². The first-order chi connectivity index (χ1) is 7.45. The summed E-state index contributed by atoms with van der Waals surface area (Å²) < 4.78 is 5.02. The number of rotatable bonds is 2. The standard InChI is InChI=1S/C13H23NO2/c1-5-10-16-12(15)14-8-6-11(7-9-14)13(2,3)4/h5,11H,1,6-10H2,2-4H3. The summed E-state index contributed by atoms with van der Waals surface area (Å²) in [6, 6.07) is 0. The average molecular weight is 225 g/mol. The van der Waals surface area contributed by atoms with Crippen molar-refractivity contribution in [1.82, 2.24) is 4.90 Å². The summed E-state index contributed by atoms with van der Waals surface area (Å²) in [4.78, 5) is 13.4. The third-order valence-corrected chi connectivity index (χ3v) is 3.30.